The second-order valence-electron chi connectivity index (χ2n) is 6.12. The van der Waals surface area contributed by atoms with Crippen molar-refractivity contribution in [2.75, 3.05) is 33.4 Å². The standard InChI is InChI=1S/C18H24N2O3/c1-22-16-4-5-17-14(10-16)9-15(12-23-17)18(21)20-8-6-13-3-2-7-19-11-13/h4-5,9-10,13,19H,2-3,6-8,11-12H2,1H3,(H,20,21). The summed E-state index contributed by atoms with van der Waals surface area (Å²) in [6.07, 6.45) is 5.40. The van der Waals surface area contributed by atoms with Gasteiger partial charge in [0.15, 0.2) is 0 Å². The van der Waals surface area contributed by atoms with Crippen LogP contribution in [0.4, 0.5) is 0 Å². The normalized spacial score (nSPS) is 20.0. The van der Waals surface area contributed by atoms with Crippen LogP contribution in [0, 0.1) is 5.92 Å². The molecule has 1 aromatic rings. The van der Waals surface area contributed by atoms with Crippen molar-refractivity contribution in [3.8, 4) is 11.5 Å². The van der Waals surface area contributed by atoms with Gasteiger partial charge in [0.1, 0.15) is 18.1 Å². The fourth-order valence-electron chi connectivity index (χ4n) is 3.09. The van der Waals surface area contributed by atoms with Crippen molar-refractivity contribution in [1.82, 2.24) is 10.6 Å². The number of ether oxygens (including phenoxy) is 2. The highest BCUT2D eigenvalue weighted by molar-refractivity contribution is 5.99. The summed E-state index contributed by atoms with van der Waals surface area (Å²) in [5, 5.41) is 6.42. The van der Waals surface area contributed by atoms with Gasteiger partial charge < -0.3 is 20.1 Å². The first-order valence-corrected chi connectivity index (χ1v) is 8.26. The number of hydrogen-bond acceptors (Lipinski definition) is 4. The van der Waals surface area contributed by atoms with E-state index in [9.17, 15) is 4.79 Å². The van der Waals surface area contributed by atoms with E-state index in [4.69, 9.17) is 9.47 Å². The quantitative estimate of drug-likeness (QED) is 0.872. The molecule has 0 bridgehead atoms. The number of piperidine rings is 1. The molecular weight excluding hydrogens is 292 g/mol. The SMILES string of the molecule is COc1ccc2c(c1)C=C(C(=O)NCCC1CCCNC1)CO2. The third-order valence-electron chi connectivity index (χ3n) is 4.46. The van der Waals surface area contributed by atoms with E-state index < -0.39 is 0 Å². The Morgan fingerprint density at radius 2 is 2.39 bits per heavy atom. The number of hydrogen-bond donors (Lipinski definition) is 2. The Labute approximate surface area is 137 Å². The van der Waals surface area contributed by atoms with Gasteiger partial charge in [-0.1, -0.05) is 0 Å². The van der Waals surface area contributed by atoms with E-state index in [0.29, 0.717) is 24.6 Å². The van der Waals surface area contributed by atoms with Crippen molar-refractivity contribution in [2.24, 2.45) is 5.92 Å². The molecule has 0 aliphatic carbocycles. The number of methoxy groups -OCH3 is 1. The molecule has 124 valence electrons. The summed E-state index contributed by atoms with van der Waals surface area (Å²) in [7, 11) is 1.63. The molecule has 5 nitrogen and oxygen atoms in total. The molecule has 0 radical (unpaired) electrons. The van der Waals surface area contributed by atoms with Crippen LogP contribution in [0.1, 0.15) is 24.8 Å². The predicted molar refractivity (Wildman–Crippen MR) is 89.7 cm³/mol. The highest BCUT2D eigenvalue weighted by Crippen LogP contribution is 2.29. The molecule has 1 atom stereocenters. The highest BCUT2D eigenvalue weighted by atomic mass is 16.5. The van der Waals surface area contributed by atoms with Crippen LogP contribution in [0.5, 0.6) is 11.5 Å². The fraction of sp³-hybridized carbons (Fsp3) is 0.500. The Morgan fingerprint density at radius 3 is 3.17 bits per heavy atom. The zero-order valence-electron chi connectivity index (χ0n) is 13.6. The Morgan fingerprint density at radius 1 is 1.48 bits per heavy atom. The number of benzene rings is 1. The Bertz CT molecular complexity index is 592. The molecule has 1 fully saturated rings. The molecule has 0 saturated carbocycles. The van der Waals surface area contributed by atoms with E-state index >= 15 is 0 Å². The van der Waals surface area contributed by atoms with Crippen LogP contribution in [-0.2, 0) is 4.79 Å². The van der Waals surface area contributed by atoms with Crippen molar-refractivity contribution in [2.45, 2.75) is 19.3 Å². The molecule has 0 aromatic heterocycles. The van der Waals surface area contributed by atoms with Crippen molar-refractivity contribution in [3.63, 3.8) is 0 Å². The van der Waals surface area contributed by atoms with E-state index in [1.165, 1.54) is 12.8 Å². The lowest BCUT2D eigenvalue weighted by molar-refractivity contribution is -0.117. The van der Waals surface area contributed by atoms with Gasteiger partial charge in [-0.05, 0) is 62.5 Å². The van der Waals surface area contributed by atoms with E-state index in [0.717, 1.165) is 36.6 Å². The summed E-state index contributed by atoms with van der Waals surface area (Å²) >= 11 is 0. The number of carbonyl (C=O) groups excluding carboxylic acids is 1. The van der Waals surface area contributed by atoms with E-state index in [2.05, 4.69) is 10.6 Å². The summed E-state index contributed by atoms with van der Waals surface area (Å²) in [6, 6.07) is 5.61. The molecule has 1 unspecified atom stereocenters. The predicted octanol–water partition coefficient (Wildman–Crippen LogP) is 1.98. The van der Waals surface area contributed by atoms with Crippen molar-refractivity contribution in [1.29, 1.82) is 0 Å². The minimum absolute atomic E-state index is 0.0396. The van der Waals surface area contributed by atoms with Crippen molar-refractivity contribution >= 4 is 12.0 Å². The highest BCUT2D eigenvalue weighted by Gasteiger charge is 2.18. The first-order valence-electron chi connectivity index (χ1n) is 8.26. The molecule has 23 heavy (non-hydrogen) atoms. The lowest BCUT2D eigenvalue weighted by Crippen LogP contribution is -2.34. The maximum Gasteiger partial charge on any atom is 0.250 e. The van der Waals surface area contributed by atoms with Crippen LogP contribution in [0.3, 0.4) is 0 Å². The van der Waals surface area contributed by atoms with Gasteiger partial charge in [0.05, 0.1) is 12.7 Å². The van der Waals surface area contributed by atoms with Crippen molar-refractivity contribution in [3.05, 3.63) is 29.3 Å². The minimum atomic E-state index is -0.0396. The zero-order valence-corrected chi connectivity index (χ0v) is 13.6. The summed E-state index contributed by atoms with van der Waals surface area (Å²) < 4.78 is 10.9. The molecule has 2 aliphatic rings. The van der Waals surface area contributed by atoms with Gasteiger partial charge in [-0.2, -0.15) is 0 Å². The van der Waals surface area contributed by atoms with E-state index in [1.54, 1.807) is 7.11 Å². The first-order chi connectivity index (χ1) is 11.3. The first kappa shape index (κ1) is 15.9. The second kappa shape index (κ2) is 7.51. The molecule has 2 aliphatic heterocycles. The minimum Gasteiger partial charge on any atom is -0.497 e. The maximum absolute atomic E-state index is 12.3. The summed E-state index contributed by atoms with van der Waals surface area (Å²) in [5.74, 6) is 2.18. The summed E-state index contributed by atoms with van der Waals surface area (Å²) in [5.41, 5.74) is 1.55. The van der Waals surface area contributed by atoms with Gasteiger partial charge in [-0.15, -0.1) is 0 Å². The van der Waals surface area contributed by atoms with Gasteiger partial charge in [-0.25, -0.2) is 0 Å². The molecule has 1 saturated heterocycles. The van der Waals surface area contributed by atoms with Crippen LogP contribution in [-0.4, -0.2) is 39.3 Å². The molecule has 3 rings (SSSR count). The molecule has 1 aromatic carbocycles. The maximum atomic E-state index is 12.3. The average molecular weight is 316 g/mol. The lowest BCUT2D eigenvalue weighted by atomic mass is 9.96. The molecule has 1 amide bonds. The van der Waals surface area contributed by atoms with Crippen LogP contribution in [0.2, 0.25) is 0 Å². The zero-order chi connectivity index (χ0) is 16.1. The molecule has 2 N–H and O–H groups in total. The number of fused-ring (bicyclic) bond motifs is 1. The van der Waals surface area contributed by atoms with E-state index in [1.807, 2.05) is 24.3 Å². The second-order valence-corrected chi connectivity index (χ2v) is 6.12. The van der Waals surface area contributed by atoms with Gasteiger partial charge in [0, 0.05) is 12.1 Å². The van der Waals surface area contributed by atoms with Crippen LogP contribution < -0.4 is 20.1 Å². The van der Waals surface area contributed by atoms with E-state index in [-0.39, 0.29) is 5.91 Å². The molecular formula is C18H24N2O3. The Kier molecular flexibility index (Phi) is 5.18. The number of amides is 1. The van der Waals surface area contributed by atoms with Crippen molar-refractivity contribution < 1.29 is 14.3 Å². The van der Waals surface area contributed by atoms with Gasteiger partial charge >= 0.3 is 0 Å². The average Bonchev–Trinajstić information content (AvgIpc) is 2.61. The molecule has 0 spiro atoms. The number of carbonyl (C=O) groups is 1. The van der Waals surface area contributed by atoms with Crippen LogP contribution in [0.15, 0.2) is 23.8 Å². The number of rotatable bonds is 5. The largest absolute Gasteiger partial charge is 0.497 e. The third-order valence-corrected chi connectivity index (χ3v) is 4.46. The topological polar surface area (TPSA) is 59.6 Å². The van der Waals surface area contributed by atoms with Gasteiger partial charge in [-0.3, -0.25) is 4.79 Å². The molecule has 5 heteroatoms. The smallest absolute Gasteiger partial charge is 0.250 e. The Balaban J connectivity index is 1.55. The summed E-state index contributed by atoms with van der Waals surface area (Å²) in [6.45, 7) is 3.22. The molecule has 2 heterocycles. The Hall–Kier alpha value is -2.01. The van der Waals surface area contributed by atoms with Crippen LogP contribution in [0.25, 0.3) is 6.08 Å². The fourth-order valence-corrected chi connectivity index (χ4v) is 3.09. The number of nitrogens with one attached hydrogen (secondary N) is 2. The van der Waals surface area contributed by atoms with Gasteiger partial charge in [0.2, 0.25) is 0 Å². The third kappa shape index (κ3) is 4.05. The summed E-state index contributed by atoms with van der Waals surface area (Å²) in [4.78, 5) is 12.3. The monoisotopic (exact) mass is 316 g/mol. The van der Waals surface area contributed by atoms with Gasteiger partial charge in [0.25, 0.3) is 5.91 Å². The van der Waals surface area contributed by atoms with Crippen LogP contribution >= 0.6 is 0 Å². The lowest BCUT2D eigenvalue weighted by Gasteiger charge is -2.23.